The molecule has 0 unspecified atom stereocenters. The predicted octanol–water partition coefficient (Wildman–Crippen LogP) is -0.653. The molecule has 4 N–H and O–H groups in total. The Balaban J connectivity index is 1.68. The molecule has 0 bridgehead atoms. The van der Waals surface area contributed by atoms with Crippen LogP contribution in [0.15, 0.2) is 18.3 Å². The van der Waals surface area contributed by atoms with Crippen molar-refractivity contribution < 1.29 is 19.1 Å². The summed E-state index contributed by atoms with van der Waals surface area (Å²) in [5.41, 5.74) is 6.24. The Hall–Kier alpha value is -2.52. The quantitative estimate of drug-likeness (QED) is 0.670. The number of aromatic amines is 1. The Morgan fingerprint density at radius 2 is 2.39 bits per heavy atom. The van der Waals surface area contributed by atoms with E-state index in [4.69, 9.17) is 15.2 Å². The van der Waals surface area contributed by atoms with Crippen molar-refractivity contribution in [2.45, 2.75) is 18.6 Å². The van der Waals surface area contributed by atoms with Crippen LogP contribution in [0.3, 0.4) is 0 Å². The monoisotopic (exact) mass is 319 g/mol. The van der Waals surface area contributed by atoms with E-state index in [2.05, 4.69) is 20.3 Å². The molecule has 1 aliphatic heterocycles. The summed E-state index contributed by atoms with van der Waals surface area (Å²) in [6.07, 6.45) is 1.84. The molecule has 9 heteroatoms. The van der Waals surface area contributed by atoms with Crippen LogP contribution in [0.4, 0.5) is 0 Å². The van der Waals surface area contributed by atoms with Crippen molar-refractivity contribution in [2.24, 2.45) is 5.73 Å². The van der Waals surface area contributed by atoms with Crippen LogP contribution in [0, 0.1) is 0 Å². The lowest BCUT2D eigenvalue weighted by molar-refractivity contribution is -0.128. The molecular weight excluding hydrogens is 302 g/mol. The molecule has 3 rings (SSSR count). The molecule has 23 heavy (non-hydrogen) atoms. The van der Waals surface area contributed by atoms with Crippen LogP contribution in [-0.2, 0) is 14.3 Å². The van der Waals surface area contributed by atoms with Gasteiger partial charge in [-0.25, -0.2) is 9.97 Å². The van der Waals surface area contributed by atoms with Gasteiger partial charge in [0.25, 0.3) is 5.91 Å². The van der Waals surface area contributed by atoms with Crippen molar-refractivity contribution in [3.8, 4) is 0 Å². The zero-order chi connectivity index (χ0) is 16.2. The van der Waals surface area contributed by atoms with E-state index >= 15 is 0 Å². The number of primary amides is 1. The van der Waals surface area contributed by atoms with Gasteiger partial charge in [-0.05, 0) is 18.6 Å². The van der Waals surface area contributed by atoms with Crippen molar-refractivity contribution in [2.75, 3.05) is 19.8 Å². The lowest BCUT2D eigenvalue weighted by Gasteiger charge is -2.31. The van der Waals surface area contributed by atoms with Gasteiger partial charge >= 0.3 is 0 Å². The number of pyridine rings is 1. The second-order valence-electron chi connectivity index (χ2n) is 5.22. The second kappa shape index (κ2) is 6.71. The van der Waals surface area contributed by atoms with E-state index in [-0.39, 0.29) is 30.5 Å². The Morgan fingerprint density at radius 1 is 1.52 bits per heavy atom. The number of carbonyl (C=O) groups excluding carboxylic acids is 2. The number of ether oxygens (including phenoxy) is 2. The lowest BCUT2D eigenvalue weighted by atomic mass is 10.1. The summed E-state index contributed by atoms with van der Waals surface area (Å²) >= 11 is 0. The van der Waals surface area contributed by atoms with Gasteiger partial charge in [0.05, 0.1) is 24.3 Å². The highest BCUT2D eigenvalue weighted by Gasteiger charge is 2.29. The largest absolute Gasteiger partial charge is 0.379 e. The zero-order valence-corrected chi connectivity index (χ0v) is 12.3. The summed E-state index contributed by atoms with van der Waals surface area (Å²) in [5, 5.41) is 2.81. The average Bonchev–Trinajstić information content (AvgIpc) is 2.98. The second-order valence-corrected chi connectivity index (χ2v) is 5.22. The lowest BCUT2D eigenvalue weighted by Crippen LogP contribution is -2.51. The van der Waals surface area contributed by atoms with Gasteiger partial charge in [-0.1, -0.05) is 0 Å². The molecule has 0 aliphatic carbocycles. The zero-order valence-electron chi connectivity index (χ0n) is 12.3. The van der Waals surface area contributed by atoms with Gasteiger partial charge < -0.3 is 25.5 Å². The van der Waals surface area contributed by atoms with E-state index < -0.39 is 5.91 Å². The van der Waals surface area contributed by atoms with Gasteiger partial charge in [-0.15, -0.1) is 0 Å². The van der Waals surface area contributed by atoms with Crippen molar-refractivity contribution in [1.29, 1.82) is 0 Å². The summed E-state index contributed by atoms with van der Waals surface area (Å²) < 4.78 is 10.8. The van der Waals surface area contributed by atoms with Gasteiger partial charge in [0.15, 0.2) is 11.5 Å². The van der Waals surface area contributed by atoms with Gasteiger partial charge in [-0.2, -0.15) is 0 Å². The van der Waals surface area contributed by atoms with Crippen LogP contribution in [0.1, 0.15) is 17.0 Å². The number of amides is 2. The van der Waals surface area contributed by atoms with Gasteiger partial charge in [-0.3, -0.25) is 9.59 Å². The number of nitrogens with zero attached hydrogens (tertiary/aromatic N) is 2. The topological polar surface area (TPSA) is 132 Å². The van der Waals surface area contributed by atoms with E-state index in [0.717, 1.165) is 0 Å². The first-order valence-corrected chi connectivity index (χ1v) is 7.23. The van der Waals surface area contributed by atoms with Crippen LogP contribution in [0.5, 0.6) is 0 Å². The first kappa shape index (κ1) is 15.4. The van der Waals surface area contributed by atoms with Gasteiger partial charge in [0.2, 0.25) is 5.91 Å². The molecule has 1 aliphatic rings. The van der Waals surface area contributed by atoms with E-state index in [1.54, 1.807) is 18.3 Å². The Bertz CT molecular complexity index is 683. The van der Waals surface area contributed by atoms with Gasteiger partial charge in [0.1, 0.15) is 6.61 Å². The minimum atomic E-state index is -0.551. The predicted molar refractivity (Wildman–Crippen MR) is 79.5 cm³/mol. The minimum Gasteiger partial charge on any atom is -0.379 e. The summed E-state index contributed by atoms with van der Waals surface area (Å²) in [6.45, 7) is 0.615. The maximum Gasteiger partial charge on any atom is 0.287 e. The summed E-state index contributed by atoms with van der Waals surface area (Å²) in [7, 11) is 0. The highest BCUT2D eigenvalue weighted by molar-refractivity contribution is 5.93. The molecule has 2 atom stereocenters. The number of carbonyl (C=O) groups is 2. The van der Waals surface area contributed by atoms with Crippen LogP contribution in [0.25, 0.3) is 11.2 Å². The molecule has 0 aromatic carbocycles. The number of aromatic nitrogens is 3. The van der Waals surface area contributed by atoms with Crippen molar-refractivity contribution in [1.82, 2.24) is 20.3 Å². The molecular formula is C14H17N5O4. The number of fused-ring (bicyclic) bond motifs is 1. The van der Waals surface area contributed by atoms with E-state index in [0.29, 0.717) is 30.8 Å². The molecule has 1 fully saturated rings. The Labute approximate surface area is 131 Å². The Kier molecular flexibility index (Phi) is 4.49. The van der Waals surface area contributed by atoms with E-state index in [1.807, 2.05) is 0 Å². The smallest absolute Gasteiger partial charge is 0.287 e. The Morgan fingerprint density at radius 3 is 3.17 bits per heavy atom. The molecule has 0 spiro atoms. The first-order chi connectivity index (χ1) is 11.1. The normalized spacial score (nSPS) is 21.2. The first-order valence-electron chi connectivity index (χ1n) is 7.23. The van der Waals surface area contributed by atoms with Crippen LogP contribution in [-0.4, -0.2) is 58.7 Å². The fourth-order valence-corrected chi connectivity index (χ4v) is 2.43. The molecule has 2 amide bonds. The van der Waals surface area contributed by atoms with E-state index in [9.17, 15) is 9.59 Å². The number of imidazole rings is 1. The standard InChI is InChI=1S/C14H17N5O4/c15-11(20)7-23-10-3-5-22-6-9(10)18-14(21)13-17-8-2-1-4-16-12(8)19-13/h1-2,4,9-10H,3,5-7H2,(H2,15,20)(H,18,21)(H,16,17,19)/t9-,10+/m0/s1. The number of hydrogen-bond acceptors (Lipinski definition) is 6. The van der Waals surface area contributed by atoms with Crippen LogP contribution >= 0.6 is 0 Å². The number of rotatable bonds is 5. The summed E-state index contributed by atoms with van der Waals surface area (Å²) in [4.78, 5) is 34.3. The molecule has 122 valence electrons. The minimum absolute atomic E-state index is 0.165. The SMILES string of the molecule is NC(=O)CO[C@@H]1CCOC[C@@H]1NC(=O)c1nc2ncccc2[nH]1. The average molecular weight is 319 g/mol. The molecule has 2 aromatic rings. The number of nitrogens with two attached hydrogens (primary N) is 1. The van der Waals surface area contributed by atoms with Gasteiger partial charge in [0, 0.05) is 12.8 Å². The maximum absolute atomic E-state index is 12.3. The fraction of sp³-hybridized carbons (Fsp3) is 0.429. The number of H-pyrrole nitrogens is 1. The summed E-state index contributed by atoms with van der Waals surface area (Å²) in [6, 6.07) is 3.16. The third-order valence-electron chi connectivity index (χ3n) is 3.52. The summed E-state index contributed by atoms with van der Waals surface area (Å²) in [5.74, 6) is -0.769. The van der Waals surface area contributed by atoms with Crippen molar-refractivity contribution in [3.63, 3.8) is 0 Å². The van der Waals surface area contributed by atoms with Crippen molar-refractivity contribution in [3.05, 3.63) is 24.2 Å². The molecule has 9 nitrogen and oxygen atoms in total. The van der Waals surface area contributed by atoms with Crippen LogP contribution < -0.4 is 11.1 Å². The van der Waals surface area contributed by atoms with Crippen LogP contribution in [0.2, 0.25) is 0 Å². The maximum atomic E-state index is 12.3. The highest BCUT2D eigenvalue weighted by Crippen LogP contribution is 2.13. The highest BCUT2D eigenvalue weighted by atomic mass is 16.5. The molecule has 0 saturated carbocycles. The molecule has 0 radical (unpaired) electrons. The molecule has 1 saturated heterocycles. The third kappa shape index (κ3) is 3.63. The molecule has 3 heterocycles. The number of nitrogens with one attached hydrogen (secondary N) is 2. The third-order valence-corrected chi connectivity index (χ3v) is 3.52. The fourth-order valence-electron chi connectivity index (χ4n) is 2.43. The van der Waals surface area contributed by atoms with E-state index in [1.165, 1.54) is 0 Å². The number of hydrogen-bond donors (Lipinski definition) is 3. The van der Waals surface area contributed by atoms with Crippen molar-refractivity contribution >= 4 is 23.0 Å². The molecule has 2 aromatic heterocycles.